The van der Waals surface area contributed by atoms with Gasteiger partial charge in [-0.05, 0) is 30.5 Å². The third kappa shape index (κ3) is 2.97. The largest absolute Gasteiger partial charge is 0.399 e. The van der Waals surface area contributed by atoms with Crippen LogP contribution in [0.25, 0.3) is 0 Å². The van der Waals surface area contributed by atoms with E-state index in [9.17, 15) is 5.11 Å². The second-order valence-corrected chi connectivity index (χ2v) is 4.58. The van der Waals surface area contributed by atoms with Gasteiger partial charge in [0, 0.05) is 18.3 Å². The molecule has 0 aromatic heterocycles. The predicted molar refractivity (Wildman–Crippen MR) is 66.0 cm³/mol. The third-order valence-electron chi connectivity index (χ3n) is 3.28. The molecule has 1 aliphatic rings. The number of aliphatic hydroxyl groups excluding tert-OH is 1. The molecule has 1 saturated carbocycles. The molecule has 0 radical (unpaired) electrons. The predicted octanol–water partition coefficient (Wildman–Crippen LogP) is 1.66. The fourth-order valence-electron chi connectivity index (χ4n) is 2.23. The van der Waals surface area contributed by atoms with Crippen molar-refractivity contribution in [2.45, 2.75) is 44.4 Å². The lowest BCUT2D eigenvalue weighted by Gasteiger charge is -2.28. The van der Waals surface area contributed by atoms with Crippen molar-refractivity contribution in [1.29, 1.82) is 0 Å². The Labute approximate surface area is 96.7 Å². The van der Waals surface area contributed by atoms with Gasteiger partial charge in [0.2, 0.25) is 0 Å². The molecule has 0 unspecified atom stereocenters. The van der Waals surface area contributed by atoms with E-state index in [4.69, 9.17) is 5.73 Å². The van der Waals surface area contributed by atoms with Crippen LogP contribution in [-0.4, -0.2) is 17.3 Å². The molecule has 2 atom stereocenters. The summed E-state index contributed by atoms with van der Waals surface area (Å²) in [5, 5.41) is 13.2. The summed E-state index contributed by atoms with van der Waals surface area (Å²) in [7, 11) is 0. The molecule has 1 fully saturated rings. The Morgan fingerprint density at radius 2 is 1.88 bits per heavy atom. The van der Waals surface area contributed by atoms with Gasteiger partial charge in [-0.1, -0.05) is 25.0 Å². The number of anilines is 1. The average Bonchev–Trinajstić information content (AvgIpc) is 2.30. The Kier molecular flexibility index (Phi) is 3.80. The summed E-state index contributed by atoms with van der Waals surface area (Å²) in [6, 6.07) is 8.13. The Hall–Kier alpha value is -1.06. The van der Waals surface area contributed by atoms with Gasteiger partial charge in [0.25, 0.3) is 0 Å². The van der Waals surface area contributed by atoms with E-state index in [-0.39, 0.29) is 12.1 Å². The zero-order valence-electron chi connectivity index (χ0n) is 9.52. The van der Waals surface area contributed by atoms with Gasteiger partial charge in [-0.3, -0.25) is 0 Å². The maximum atomic E-state index is 9.81. The third-order valence-corrected chi connectivity index (χ3v) is 3.28. The first-order valence-electron chi connectivity index (χ1n) is 6.01. The minimum absolute atomic E-state index is 0.178. The summed E-state index contributed by atoms with van der Waals surface area (Å²) in [5.74, 6) is 0. The van der Waals surface area contributed by atoms with E-state index in [0.717, 1.165) is 31.5 Å². The smallest absolute Gasteiger partial charge is 0.0693 e. The Bertz CT molecular complexity index is 323. The second-order valence-electron chi connectivity index (χ2n) is 4.58. The molecule has 4 N–H and O–H groups in total. The SMILES string of the molecule is Nc1ccc(CN[C@H]2CCCC[C@@H]2O)cc1. The number of nitrogens with one attached hydrogen (secondary N) is 1. The Balaban J connectivity index is 1.84. The van der Waals surface area contributed by atoms with E-state index < -0.39 is 0 Å². The van der Waals surface area contributed by atoms with Crippen LogP contribution in [0.15, 0.2) is 24.3 Å². The van der Waals surface area contributed by atoms with Crippen LogP contribution in [0.1, 0.15) is 31.2 Å². The van der Waals surface area contributed by atoms with Crippen LogP contribution in [0.2, 0.25) is 0 Å². The Morgan fingerprint density at radius 1 is 1.19 bits per heavy atom. The highest BCUT2D eigenvalue weighted by atomic mass is 16.3. The maximum Gasteiger partial charge on any atom is 0.0693 e. The molecule has 0 amide bonds. The van der Waals surface area contributed by atoms with E-state index in [1.165, 1.54) is 12.0 Å². The molecular formula is C13H20N2O. The van der Waals surface area contributed by atoms with E-state index in [2.05, 4.69) is 5.32 Å². The van der Waals surface area contributed by atoms with Crippen LogP contribution in [-0.2, 0) is 6.54 Å². The maximum absolute atomic E-state index is 9.81. The monoisotopic (exact) mass is 220 g/mol. The van der Waals surface area contributed by atoms with Crippen molar-refractivity contribution in [1.82, 2.24) is 5.32 Å². The fraction of sp³-hybridized carbons (Fsp3) is 0.538. The molecule has 1 aliphatic carbocycles. The molecule has 88 valence electrons. The van der Waals surface area contributed by atoms with Gasteiger partial charge >= 0.3 is 0 Å². The molecule has 3 heteroatoms. The molecule has 1 aromatic rings. The van der Waals surface area contributed by atoms with E-state index in [1.807, 2.05) is 24.3 Å². The minimum Gasteiger partial charge on any atom is -0.399 e. The van der Waals surface area contributed by atoms with Gasteiger partial charge < -0.3 is 16.2 Å². The van der Waals surface area contributed by atoms with Crippen LogP contribution in [0.5, 0.6) is 0 Å². The summed E-state index contributed by atoms with van der Waals surface area (Å²) in [5.41, 5.74) is 7.64. The highest BCUT2D eigenvalue weighted by molar-refractivity contribution is 5.39. The molecule has 3 nitrogen and oxygen atoms in total. The summed E-state index contributed by atoms with van der Waals surface area (Å²) in [4.78, 5) is 0. The van der Waals surface area contributed by atoms with Crippen LogP contribution in [0.4, 0.5) is 5.69 Å². The number of nitrogens with two attached hydrogens (primary N) is 1. The van der Waals surface area contributed by atoms with Crippen LogP contribution in [0.3, 0.4) is 0 Å². The standard InChI is InChI=1S/C13H20N2O/c14-11-7-5-10(6-8-11)9-15-12-3-1-2-4-13(12)16/h5-8,12-13,15-16H,1-4,9,14H2/t12-,13-/m0/s1. The zero-order chi connectivity index (χ0) is 11.4. The highest BCUT2D eigenvalue weighted by Crippen LogP contribution is 2.18. The topological polar surface area (TPSA) is 58.3 Å². The summed E-state index contributed by atoms with van der Waals surface area (Å²) < 4.78 is 0. The lowest BCUT2D eigenvalue weighted by molar-refractivity contribution is 0.0902. The van der Waals surface area contributed by atoms with Crippen molar-refractivity contribution in [3.05, 3.63) is 29.8 Å². The van der Waals surface area contributed by atoms with Gasteiger partial charge in [-0.2, -0.15) is 0 Å². The fourth-order valence-corrected chi connectivity index (χ4v) is 2.23. The number of hydrogen-bond acceptors (Lipinski definition) is 3. The number of benzene rings is 1. The molecule has 0 aliphatic heterocycles. The van der Waals surface area contributed by atoms with Crippen molar-refractivity contribution in [3.8, 4) is 0 Å². The van der Waals surface area contributed by atoms with Gasteiger partial charge in [0.15, 0.2) is 0 Å². The summed E-state index contributed by atoms with van der Waals surface area (Å²) in [6.07, 6.45) is 4.20. The van der Waals surface area contributed by atoms with E-state index in [1.54, 1.807) is 0 Å². The molecule has 0 heterocycles. The van der Waals surface area contributed by atoms with Crippen LogP contribution in [0, 0.1) is 0 Å². The average molecular weight is 220 g/mol. The normalized spacial score (nSPS) is 25.6. The molecule has 2 rings (SSSR count). The first-order chi connectivity index (χ1) is 7.75. The molecule has 0 bridgehead atoms. The lowest BCUT2D eigenvalue weighted by atomic mass is 9.92. The van der Waals surface area contributed by atoms with Gasteiger partial charge in [-0.15, -0.1) is 0 Å². The lowest BCUT2D eigenvalue weighted by Crippen LogP contribution is -2.41. The molecular weight excluding hydrogens is 200 g/mol. The van der Waals surface area contributed by atoms with Gasteiger partial charge in [-0.25, -0.2) is 0 Å². The molecule has 16 heavy (non-hydrogen) atoms. The first kappa shape index (κ1) is 11.4. The molecule has 1 aromatic carbocycles. The van der Waals surface area contributed by atoms with Crippen molar-refractivity contribution in [3.63, 3.8) is 0 Å². The quantitative estimate of drug-likeness (QED) is 0.679. The molecule has 0 spiro atoms. The van der Waals surface area contributed by atoms with Gasteiger partial charge in [0.05, 0.1) is 6.10 Å². The van der Waals surface area contributed by atoms with Crippen LogP contribution >= 0.6 is 0 Å². The number of hydrogen-bond donors (Lipinski definition) is 3. The van der Waals surface area contributed by atoms with Crippen molar-refractivity contribution in [2.75, 3.05) is 5.73 Å². The van der Waals surface area contributed by atoms with E-state index >= 15 is 0 Å². The number of nitrogen functional groups attached to an aromatic ring is 1. The molecule has 0 saturated heterocycles. The van der Waals surface area contributed by atoms with Crippen molar-refractivity contribution in [2.24, 2.45) is 0 Å². The highest BCUT2D eigenvalue weighted by Gasteiger charge is 2.21. The van der Waals surface area contributed by atoms with Crippen molar-refractivity contribution < 1.29 is 5.11 Å². The van der Waals surface area contributed by atoms with E-state index in [0.29, 0.717) is 0 Å². The van der Waals surface area contributed by atoms with Crippen LogP contribution < -0.4 is 11.1 Å². The summed E-state index contributed by atoms with van der Waals surface area (Å²) >= 11 is 0. The number of aliphatic hydroxyl groups is 1. The zero-order valence-corrected chi connectivity index (χ0v) is 9.52. The first-order valence-corrected chi connectivity index (χ1v) is 6.01. The summed E-state index contributed by atoms with van der Waals surface area (Å²) in [6.45, 7) is 0.808. The van der Waals surface area contributed by atoms with Crippen molar-refractivity contribution >= 4 is 5.69 Å². The second kappa shape index (κ2) is 5.32. The Morgan fingerprint density at radius 3 is 2.56 bits per heavy atom. The minimum atomic E-state index is -0.178. The van der Waals surface area contributed by atoms with Gasteiger partial charge in [0.1, 0.15) is 0 Å². The number of rotatable bonds is 3.